The van der Waals surface area contributed by atoms with E-state index in [2.05, 4.69) is 26.3 Å². The van der Waals surface area contributed by atoms with E-state index in [1.54, 1.807) is 19.1 Å². The van der Waals surface area contributed by atoms with Gasteiger partial charge in [-0.15, -0.1) is 0 Å². The second-order valence-corrected chi connectivity index (χ2v) is 6.02. The lowest BCUT2D eigenvalue weighted by molar-refractivity contribution is 0.102. The number of urea groups is 1. The minimum absolute atomic E-state index is 0.0627. The lowest BCUT2D eigenvalue weighted by Crippen LogP contribution is -2.28. The fraction of sp³-hybridized carbons (Fsp3) is 0.0952. The van der Waals surface area contributed by atoms with Gasteiger partial charge in [0.1, 0.15) is 11.6 Å². The number of nitrogens with zero attached hydrogens (tertiary/aromatic N) is 1. The fourth-order valence-corrected chi connectivity index (χ4v) is 2.56. The number of pyridine rings is 1. The third-order valence-corrected chi connectivity index (χ3v) is 3.90. The van der Waals surface area contributed by atoms with Gasteiger partial charge in [0.05, 0.1) is 16.9 Å². The van der Waals surface area contributed by atoms with Crippen LogP contribution in [0.1, 0.15) is 17.3 Å². The van der Waals surface area contributed by atoms with E-state index in [0.717, 1.165) is 5.69 Å². The number of carbonyl (C=O) groups excluding carboxylic acids is 2. The molecule has 0 unspecified atom stereocenters. The summed E-state index contributed by atoms with van der Waals surface area (Å²) in [4.78, 5) is 28.7. The number of hydrogen-bond acceptors (Lipinski definition) is 4. The molecule has 0 aliphatic rings. The molecule has 8 heteroatoms. The topological polar surface area (TPSA) is 95.2 Å². The Kier molecular flexibility index (Phi) is 6.36. The van der Waals surface area contributed by atoms with Gasteiger partial charge >= 0.3 is 6.03 Å². The van der Waals surface area contributed by atoms with Crippen LogP contribution in [0.15, 0.2) is 66.9 Å². The Labute approximate surface area is 167 Å². The van der Waals surface area contributed by atoms with Crippen LogP contribution in [-0.2, 0) is 0 Å². The first kappa shape index (κ1) is 19.8. The summed E-state index contributed by atoms with van der Waals surface area (Å²) in [5.74, 6) is -0.816. The van der Waals surface area contributed by atoms with E-state index in [9.17, 15) is 14.0 Å². The number of carbonyl (C=O) groups is 2. The first-order valence-corrected chi connectivity index (χ1v) is 8.99. The highest BCUT2D eigenvalue weighted by Crippen LogP contribution is 2.25. The molecule has 7 nitrogen and oxygen atoms in total. The van der Waals surface area contributed by atoms with Crippen molar-refractivity contribution in [3.05, 3.63) is 78.2 Å². The number of halogens is 1. The molecule has 0 aliphatic heterocycles. The van der Waals surface area contributed by atoms with Crippen LogP contribution in [0.2, 0.25) is 0 Å². The number of anilines is 4. The predicted octanol–water partition coefficient (Wildman–Crippen LogP) is 4.36. The normalized spacial score (nSPS) is 10.1. The minimum Gasteiger partial charge on any atom is -0.355 e. The number of benzene rings is 2. The van der Waals surface area contributed by atoms with Crippen LogP contribution in [0.4, 0.5) is 32.1 Å². The van der Waals surface area contributed by atoms with E-state index in [1.165, 1.54) is 24.4 Å². The van der Waals surface area contributed by atoms with E-state index in [4.69, 9.17) is 0 Å². The zero-order valence-corrected chi connectivity index (χ0v) is 15.7. The molecule has 4 N–H and O–H groups in total. The van der Waals surface area contributed by atoms with Crippen molar-refractivity contribution in [1.29, 1.82) is 0 Å². The predicted molar refractivity (Wildman–Crippen MR) is 111 cm³/mol. The van der Waals surface area contributed by atoms with Crippen molar-refractivity contribution in [2.45, 2.75) is 6.92 Å². The molecule has 3 aromatic rings. The number of nitrogens with one attached hydrogen (secondary N) is 4. The zero-order valence-electron chi connectivity index (χ0n) is 15.7. The second-order valence-electron chi connectivity index (χ2n) is 6.02. The van der Waals surface area contributed by atoms with Crippen LogP contribution >= 0.6 is 0 Å². The summed E-state index contributed by atoms with van der Waals surface area (Å²) in [5, 5.41) is 10.9. The van der Waals surface area contributed by atoms with Gasteiger partial charge in [-0.1, -0.05) is 30.3 Å². The van der Waals surface area contributed by atoms with E-state index in [1.807, 2.05) is 30.3 Å². The third-order valence-electron chi connectivity index (χ3n) is 3.90. The summed E-state index contributed by atoms with van der Waals surface area (Å²) in [6.07, 6.45) is 1.32. The van der Waals surface area contributed by atoms with Gasteiger partial charge in [0.15, 0.2) is 0 Å². The van der Waals surface area contributed by atoms with E-state index in [0.29, 0.717) is 12.2 Å². The summed E-state index contributed by atoms with van der Waals surface area (Å²) in [6.45, 7) is 2.26. The summed E-state index contributed by atoms with van der Waals surface area (Å²) in [6, 6.07) is 16.2. The molecule has 1 heterocycles. The molecular formula is C21H20FN5O2. The smallest absolute Gasteiger partial charge is 0.320 e. The number of rotatable bonds is 6. The number of amides is 3. The van der Waals surface area contributed by atoms with Crippen LogP contribution in [0.25, 0.3) is 0 Å². The molecule has 0 saturated heterocycles. The Morgan fingerprint density at radius 1 is 0.966 bits per heavy atom. The summed E-state index contributed by atoms with van der Waals surface area (Å²) in [5.41, 5.74) is 1.40. The number of hydrogen-bond donors (Lipinski definition) is 4. The SMILES string of the molecule is CCNC(=O)Nc1cc(Nc2ccccc2)c(C(=O)Nc2ccccc2F)cn1. The van der Waals surface area contributed by atoms with Crippen molar-refractivity contribution >= 4 is 34.8 Å². The monoisotopic (exact) mass is 393 g/mol. The molecule has 3 amide bonds. The van der Waals surface area contributed by atoms with E-state index >= 15 is 0 Å². The molecule has 0 fully saturated rings. The highest BCUT2D eigenvalue weighted by molar-refractivity contribution is 6.08. The van der Waals surface area contributed by atoms with Gasteiger partial charge in [-0.05, 0) is 31.2 Å². The maximum absolute atomic E-state index is 13.9. The van der Waals surface area contributed by atoms with Crippen molar-refractivity contribution in [1.82, 2.24) is 10.3 Å². The summed E-state index contributed by atoms with van der Waals surface area (Å²) in [7, 11) is 0. The molecule has 0 aliphatic carbocycles. The fourth-order valence-electron chi connectivity index (χ4n) is 2.56. The second kappa shape index (κ2) is 9.32. The Morgan fingerprint density at radius 3 is 2.41 bits per heavy atom. The van der Waals surface area contributed by atoms with E-state index < -0.39 is 17.8 Å². The van der Waals surface area contributed by atoms with Crippen LogP contribution in [0.5, 0.6) is 0 Å². The van der Waals surface area contributed by atoms with Crippen molar-refractivity contribution in [2.75, 3.05) is 22.5 Å². The molecule has 2 aromatic carbocycles. The van der Waals surface area contributed by atoms with Gasteiger partial charge in [0.2, 0.25) is 0 Å². The Morgan fingerprint density at radius 2 is 1.69 bits per heavy atom. The molecule has 0 spiro atoms. The molecule has 29 heavy (non-hydrogen) atoms. The maximum Gasteiger partial charge on any atom is 0.320 e. The number of para-hydroxylation sites is 2. The summed E-state index contributed by atoms with van der Waals surface area (Å²) < 4.78 is 13.9. The first-order chi connectivity index (χ1) is 14.1. The first-order valence-electron chi connectivity index (χ1n) is 8.99. The lowest BCUT2D eigenvalue weighted by Gasteiger charge is -2.14. The molecule has 148 valence electrons. The minimum atomic E-state index is -0.541. The lowest BCUT2D eigenvalue weighted by atomic mass is 10.2. The van der Waals surface area contributed by atoms with Gasteiger partial charge in [-0.3, -0.25) is 10.1 Å². The highest BCUT2D eigenvalue weighted by atomic mass is 19.1. The Hall–Kier alpha value is -3.94. The molecule has 3 rings (SSSR count). The van der Waals surface area contributed by atoms with Crippen LogP contribution in [0.3, 0.4) is 0 Å². The van der Waals surface area contributed by atoms with Crippen molar-refractivity contribution < 1.29 is 14.0 Å². The van der Waals surface area contributed by atoms with Crippen LogP contribution < -0.4 is 21.3 Å². The zero-order chi connectivity index (χ0) is 20.6. The molecule has 0 saturated carbocycles. The Balaban J connectivity index is 1.90. The third kappa shape index (κ3) is 5.29. The van der Waals surface area contributed by atoms with Gasteiger partial charge in [0, 0.05) is 24.5 Å². The van der Waals surface area contributed by atoms with Gasteiger partial charge in [-0.2, -0.15) is 0 Å². The standard InChI is InChI=1S/C21H20FN5O2/c1-2-23-21(29)27-19-12-18(25-14-8-4-3-5-9-14)15(13-24-19)20(28)26-17-11-7-6-10-16(17)22/h3-13H,2H2,1H3,(H,26,28)(H3,23,24,25,27,29). The quantitative estimate of drug-likeness (QED) is 0.500. The van der Waals surface area contributed by atoms with E-state index in [-0.39, 0.29) is 17.1 Å². The van der Waals surface area contributed by atoms with Gasteiger partial charge < -0.3 is 16.0 Å². The largest absolute Gasteiger partial charge is 0.355 e. The van der Waals surface area contributed by atoms with Crippen molar-refractivity contribution in [2.24, 2.45) is 0 Å². The average molecular weight is 393 g/mol. The number of aromatic nitrogens is 1. The van der Waals surface area contributed by atoms with Crippen molar-refractivity contribution in [3.63, 3.8) is 0 Å². The highest BCUT2D eigenvalue weighted by Gasteiger charge is 2.16. The summed E-state index contributed by atoms with van der Waals surface area (Å²) >= 11 is 0. The molecule has 0 atom stereocenters. The van der Waals surface area contributed by atoms with Gasteiger partial charge in [0.25, 0.3) is 5.91 Å². The molecule has 0 radical (unpaired) electrons. The Bertz CT molecular complexity index is 1010. The molecular weight excluding hydrogens is 373 g/mol. The average Bonchev–Trinajstić information content (AvgIpc) is 2.71. The van der Waals surface area contributed by atoms with Crippen LogP contribution in [-0.4, -0.2) is 23.5 Å². The van der Waals surface area contributed by atoms with Gasteiger partial charge in [-0.25, -0.2) is 14.2 Å². The van der Waals surface area contributed by atoms with Crippen LogP contribution in [0, 0.1) is 5.82 Å². The molecule has 1 aromatic heterocycles. The van der Waals surface area contributed by atoms with Crippen molar-refractivity contribution in [3.8, 4) is 0 Å². The molecule has 0 bridgehead atoms. The maximum atomic E-state index is 13.9.